The average molecular weight is 266 g/mol. The van der Waals surface area contributed by atoms with Crippen molar-refractivity contribution in [3.8, 4) is 6.07 Å². The summed E-state index contributed by atoms with van der Waals surface area (Å²) in [4.78, 5) is 5.74. The number of alkyl halides is 1. The molecular formula is C11H9ClFN5. The normalized spacial score (nSPS) is 23.5. The van der Waals surface area contributed by atoms with Crippen molar-refractivity contribution in [1.82, 2.24) is 15.2 Å². The number of nitrogens with one attached hydrogen (secondary N) is 1. The van der Waals surface area contributed by atoms with Gasteiger partial charge in [0.1, 0.15) is 11.2 Å². The molecule has 5 nitrogen and oxygen atoms in total. The third-order valence-electron chi connectivity index (χ3n) is 3.11. The van der Waals surface area contributed by atoms with Crippen molar-refractivity contribution in [1.29, 1.82) is 5.26 Å². The zero-order valence-corrected chi connectivity index (χ0v) is 10.1. The number of nitriles is 1. The van der Waals surface area contributed by atoms with Crippen molar-refractivity contribution >= 4 is 28.3 Å². The monoisotopic (exact) mass is 265 g/mol. The lowest BCUT2D eigenvalue weighted by molar-refractivity contribution is 0.271. The van der Waals surface area contributed by atoms with E-state index in [-0.39, 0.29) is 13.0 Å². The fraction of sp³-hybridized carbons (Fsp3) is 0.364. The van der Waals surface area contributed by atoms with E-state index in [2.05, 4.69) is 15.2 Å². The minimum absolute atomic E-state index is 0.0338. The quantitative estimate of drug-likeness (QED) is 0.802. The number of hydrogen-bond acceptors (Lipinski definition) is 4. The fourth-order valence-electron chi connectivity index (χ4n) is 2.16. The highest BCUT2D eigenvalue weighted by atomic mass is 35.5. The first-order valence-corrected chi connectivity index (χ1v) is 5.84. The van der Waals surface area contributed by atoms with Crippen molar-refractivity contribution in [2.24, 2.45) is 0 Å². The highest BCUT2D eigenvalue weighted by molar-refractivity contribution is 6.30. The van der Waals surface area contributed by atoms with Crippen LogP contribution in [0, 0.1) is 11.3 Å². The van der Waals surface area contributed by atoms with Crippen LogP contribution in [0.4, 0.5) is 10.2 Å². The second-order valence-corrected chi connectivity index (χ2v) is 4.74. The first-order valence-electron chi connectivity index (χ1n) is 5.46. The van der Waals surface area contributed by atoms with Crippen LogP contribution in [0.3, 0.4) is 0 Å². The number of nitrogens with zero attached hydrogens (tertiary/aromatic N) is 4. The lowest BCUT2D eigenvalue weighted by Crippen LogP contribution is -2.27. The zero-order valence-electron chi connectivity index (χ0n) is 9.32. The van der Waals surface area contributed by atoms with E-state index in [0.29, 0.717) is 17.5 Å². The Labute approximate surface area is 107 Å². The highest BCUT2D eigenvalue weighted by Crippen LogP contribution is 2.32. The van der Waals surface area contributed by atoms with Crippen molar-refractivity contribution in [3.63, 3.8) is 0 Å². The number of anilines is 1. The molecule has 92 valence electrons. The summed E-state index contributed by atoms with van der Waals surface area (Å²) in [5.74, 6) is 0.615. The Bertz CT molecular complexity index is 648. The SMILES string of the molecule is N#CC1(F)CCN(c2n[nH]c3cc(Cl)ncc23)C1. The summed E-state index contributed by atoms with van der Waals surface area (Å²) in [5, 5.41) is 16.9. The van der Waals surface area contributed by atoms with E-state index in [1.165, 1.54) is 0 Å². The van der Waals surface area contributed by atoms with E-state index in [1.807, 2.05) is 0 Å². The molecule has 0 aliphatic carbocycles. The molecule has 1 saturated heterocycles. The van der Waals surface area contributed by atoms with Crippen LogP contribution in [0.2, 0.25) is 5.15 Å². The summed E-state index contributed by atoms with van der Waals surface area (Å²) >= 11 is 5.78. The average Bonchev–Trinajstić information content (AvgIpc) is 2.93. The van der Waals surface area contributed by atoms with Crippen molar-refractivity contribution in [2.45, 2.75) is 12.1 Å². The molecule has 1 aliphatic rings. The Kier molecular flexibility index (Phi) is 2.38. The molecule has 0 radical (unpaired) electrons. The molecule has 1 atom stereocenters. The molecule has 1 aliphatic heterocycles. The number of aromatic nitrogens is 3. The number of halogens is 2. The van der Waals surface area contributed by atoms with Gasteiger partial charge in [0.15, 0.2) is 5.82 Å². The molecule has 0 aromatic carbocycles. The van der Waals surface area contributed by atoms with Crippen LogP contribution >= 0.6 is 11.6 Å². The highest BCUT2D eigenvalue weighted by Gasteiger charge is 2.39. The molecule has 2 aromatic rings. The van der Waals surface area contributed by atoms with Gasteiger partial charge in [0, 0.05) is 25.2 Å². The molecule has 0 bridgehead atoms. The number of rotatable bonds is 1. The summed E-state index contributed by atoms with van der Waals surface area (Å²) in [6, 6.07) is 3.37. The van der Waals surface area contributed by atoms with Gasteiger partial charge in [-0.25, -0.2) is 9.37 Å². The van der Waals surface area contributed by atoms with Crippen LogP contribution in [0.15, 0.2) is 12.3 Å². The van der Waals surface area contributed by atoms with Gasteiger partial charge in [0.25, 0.3) is 0 Å². The number of H-pyrrole nitrogens is 1. The summed E-state index contributed by atoms with van der Waals surface area (Å²) < 4.78 is 13.9. The van der Waals surface area contributed by atoms with Gasteiger partial charge in [-0.3, -0.25) is 5.10 Å². The van der Waals surface area contributed by atoms with Gasteiger partial charge in [-0.05, 0) is 0 Å². The predicted molar refractivity (Wildman–Crippen MR) is 65.2 cm³/mol. The maximum atomic E-state index is 13.9. The first-order chi connectivity index (χ1) is 8.61. The van der Waals surface area contributed by atoms with E-state index in [0.717, 1.165) is 10.9 Å². The van der Waals surface area contributed by atoms with Crippen molar-refractivity contribution in [3.05, 3.63) is 17.4 Å². The van der Waals surface area contributed by atoms with Crippen molar-refractivity contribution < 1.29 is 4.39 Å². The molecule has 0 spiro atoms. The van der Waals surface area contributed by atoms with Crippen LogP contribution in [0.1, 0.15) is 6.42 Å². The second kappa shape index (κ2) is 3.82. The fourth-order valence-corrected chi connectivity index (χ4v) is 2.32. The first kappa shape index (κ1) is 11.2. The number of pyridine rings is 1. The summed E-state index contributed by atoms with van der Waals surface area (Å²) in [7, 11) is 0. The Morgan fingerprint density at radius 1 is 1.61 bits per heavy atom. The van der Waals surface area contributed by atoms with E-state index in [9.17, 15) is 4.39 Å². The van der Waals surface area contributed by atoms with Gasteiger partial charge in [0.05, 0.1) is 17.4 Å². The third-order valence-corrected chi connectivity index (χ3v) is 3.32. The maximum absolute atomic E-state index is 13.9. The minimum atomic E-state index is -1.79. The predicted octanol–water partition coefficient (Wildman–Crippen LogP) is 2.05. The molecule has 0 saturated carbocycles. The lowest BCUT2D eigenvalue weighted by atomic mass is 10.1. The molecule has 1 unspecified atom stereocenters. The number of fused-ring (bicyclic) bond motifs is 1. The summed E-state index contributed by atoms with van der Waals surface area (Å²) in [6.07, 6.45) is 1.79. The Morgan fingerprint density at radius 3 is 3.17 bits per heavy atom. The van der Waals surface area contributed by atoms with E-state index < -0.39 is 5.67 Å². The number of aromatic amines is 1. The largest absolute Gasteiger partial charge is 0.350 e. The summed E-state index contributed by atoms with van der Waals surface area (Å²) in [5.41, 5.74) is -1.04. The topological polar surface area (TPSA) is 68.6 Å². The van der Waals surface area contributed by atoms with E-state index >= 15 is 0 Å². The molecule has 3 rings (SSSR count). The summed E-state index contributed by atoms with van der Waals surface area (Å²) in [6.45, 7) is 0.499. The van der Waals surface area contributed by atoms with Gasteiger partial charge < -0.3 is 4.90 Å². The van der Waals surface area contributed by atoms with E-state index in [4.69, 9.17) is 16.9 Å². The Balaban J connectivity index is 1.99. The molecule has 18 heavy (non-hydrogen) atoms. The van der Waals surface area contributed by atoms with Crippen LogP contribution in [0.25, 0.3) is 10.9 Å². The zero-order chi connectivity index (χ0) is 12.8. The van der Waals surface area contributed by atoms with Gasteiger partial charge in [-0.1, -0.05) is 11.6 Å². The number of hydrogen-bond donors (Lipinski definition) is 1. The molecule has 7 heteroatoms. The maximum Gasteiger partial charge on any atom is 0.215 e. The second-order valence-electron chi connectivity index (χ2n) is 4.35. The minimum Gasteiger partial charge on any atom is -0.350 e. The van der Waals surface area contributed by atoms with Gasteiger partial charge >= 0.3 is 0 Å². The van der Waals surface area contributed by atoms with Gasteiger partial charge in [-0.15, -0.1) is 0 Å². The van der Waals surface area contributed by atoms with Gasteiger partial charge in [-0.2, -0.15) is 10.4 Å². The molecule has 0 amide bonds. The Morgan fingerprint density at radius 2 is 2.44 bits per heavy atom. The molecule has 1 fully saturated rings. The third kappa shape index (κ3) is 1.68. The smallest absolute Gasteiger partial charge is 0.215 e. The van der Waals surface area contributed by atoms with Crippen molar-refractivity contribution in [2.75, 3.05) is 18.0 Å². The van der Waals surface area contributed by atoms with Crippen LogP contribution in [-0.4, -0.2) is 33.9 Å². The molecule has 3 heterocycles. The van der Waals surface area contributed by atoms with E-state index in [1.54, 1.807) is 23.2 Å². The molecular weight excluding hydrogens is 257 g/mol. The molecule has 2 aromatic heterocycles. The van der Waals surface area contributed by atoms with Crippen LogP contribution in [0.5, 0.6) is 0 Å². The van der Waals surface area contributed by atoms with Crippen LogP contribution in [-0.2, 0) is 0 Å². The van der Waals surface area contributed by atoms with Gasteiger partial charge in [0.2, 0.25) is 5.67 Å². The Hall–Kier alpha value is -1.87. The van der Waals surface area contributed by atoms with Crippen LogP contribution < -0.4 is 4.90 Å². The molecule has 1 N–H and O–H groups in total. The lowest BCUT2D eigenvalue weighted by Gasteiger charge is -2.15. The standard InChI is InChI=1S/C11H9ClFN5/c12-9-3-8-7(4-15-9)10(17-16-8)18-2-1-11(13,5-14)6-18/h3-4H,1-2,6H2,(H,16,17).